The molecule has 1 aromatic heterocycles. The topological polar surface area (TPSA) is 70.7 Å². The van der Waals surface area contributed by atoms with Crippen LogP contribution in [0.5, 0.6) is 0 Å². The molecule has 104 valence electrons. The number of hydrogen-bond donors (Lipinski definition) is 2. The molecule has 0 bridgehead atoms. The fraction of sp³-hybridized carbons (Fsp3) is 0. The van der Waals surface area contributed by atoms with E-state index in [9.17, 15) is 4.79 Å². The number of anilines is 1. The second-order valence-corrected chi connectivity index (χ2v) is 5.62. The van der Waals surface area contributed by atoms with Gasteiger partial charge < -0.3 is 5.32 Å². The number of aromatic amines is 1. The molecular weight excluding hydrogens is 379 g/mol. The molecule has 1 amide bonds. The van der Waals surface area contributed by atoms with Gasteiger partial charge in [-0.15, -0.1) is 0 Å². The minimum Gasteiger partial charge on any atom is -0.322 e. The number of hydrogen-bond acceptors (Lipinski definition) is 3. The zero-order valence-corrected chi connectivity index (χ0v) is 13.0. The Morgan fingerprint density at radius 3 is 2.67 bits per heavy atom. The molecule has 1 heterocycles. The molecule has 3 rings (SSSR count). The molecule has 0 atom stereocenters. The van der Waals surface area contributed by atoms with E-state index in [-0.39, 0.29) is 5.91 Å². The molecule has 0 saturated heterocycles. The summed E-state index contributed by atoms with van der Waals surface area (Å²) in [5.41, 5.74) is 2.21. The van der Waals surface area contributed by atoms with Crippen LogP contribution in [-0.4, -0.2) is 21.1 Å². The molecular formula is C15H11IN4O. The number of nitrogens with zero attached hydrogens (tertiary/aromatic N) is 2. The summed E-state index contributed by atoms with van der Waals surface area (Å²) in [6.07, 6.45) is 1.45. The third kappa shape index (κ3) is 3.27. The summed E-state index contributed by atoms with van der Waals surface area (Å²) in [6, 6.07) is 14.9. The van der Waals surface area contributed by atoms with Crippen molar-refractivity contribution >= 4 is 34.2 Å². The quantitative estimate of drug-likeness (QED) is 0.674. The van der Waals surface area contributed by atoms with E-state index in [1.165, 1.54) is 6.33 Å². The third-order valence-corrected chi connectivity index (χ3v) is 3.63. The molecule has 0 unspecified atom stereocenters. The molecule has 0 radical (unpaired) electrons. The summed E-state index contributed by atoms with van der Waals surface area (Å²) in [5, 5.41) is 9.49. The number of aromatic nitrogens is 3. The van der Waals surface area contributed by atoms with Gasteiger partial charge in [-0.05, 0) is 59.0 Å². The Bertz CT molecular complexity index is 754. The zero-order chi connectivity index (χ0) is 14.7. The Hall–Kier alpha value is -2.22. The number of carbonyl (C=O) groups excluding carboxylic acids is 1. The normalized spacial score (nSPS) is 10.3. The summed E-state index contributed by atoms with van der Waals surface area (Å²) in [6.45, 7) is 0. The van der Waals surface area contributed by atoms with Crippen LogP contribution < -0.4 is 5.32 Å². The van der Waals surface area contributed by atoms with Crippen molar-refractivity contribution in [3.63, 3.8) is 0 Å². The summed E-state index contributed by atoms with van der Waals surface area (Å²) in [5.74, 6) is 0.529. The van der Waals surface area contributed by atoms with Crippen LogP contribution in [0.2, 0.25) is 0 Å². The van der Waals surface area contributed by atoms with Crippen LogP contribution in [0.15, 0.2) is 54.9 Å². The molecule has 6 heteroatoms. The summed E-state index contributed by atoms with van der Waals surface area (Å²) < 4.78 is 1.09. The van der Waals surface area contributed by atoms with Crippen LogP contribution >= 0.6 is 22.6 Å². The van der Waals surface area contributed by atoms with Crippen molar-refractivity contribution in [2.75, 3.05) is 5.32 Å². The fourth-order valence-corrected chi connectivity index (χ4v) is 2.25. The first-order chi connectivity index (χ1) is 10.2. The predicted octanol–water partition coefficient (Wildman–Crippen LogP) is 3.33. The minimum atomic E-state index is -0.138. The van der Waals surface area contributed by atoms with Gasteiger partial charge >= 0.3 is 0 Å². The Kier molecular flexibility index (Phi) is 3.96. The molecule has 0 saturated carbocycles. The summed E-state index contributed by atoms with van der Waals surface area (Å²) >= 11 is 2.21. The van der Waals surface area contributed by atoms with Crippen molar-refractivity contribution in [1.29, 1.82) is 0 Å². The van der Waals surface area contributed by atoms with Crippen molar-refractivity contribution in [3.8, 4) is 11.4 Å². The van der Waals surface area contributed by atoms with Crippen molar-refractivity contribution in [3.05, 3.63) is 64.0 Å². The lowest BCUT2D eigenvalue weighted by molar-refractivity contribution is 0.102. The highest BCUT2D eigenvalue weighted by Crippen LogP contribution is 2.19. The van der Waals surface area contributed by atoms with Gasteiger partial charge in [0.1, 0.15) is 6.33 Å². The highest BCUT2D eigenvalue weighted by atomic mass is 127. The molecule has 3 aromatic rings. The van der Waals surface area contributed by atoms with Crippen LogP contribution in [0.3, 0.4) is 0 Å². The molecule has 21 heavy (non-hydrogen) atoms. The van der Waals surface area contributed by atoms with E-state index in [2.05, 4.69) is 43.1 Å². The summed E-state index contributed by atoms with van der Waals surface area (Å²) in [7, 11) is 0. The lowest BCUT2D eigenvalue weighted by Crippen LogP contribution is -2.11. The van der Waals surface area contributed by atoms with E-state index < -0.39 is 0 Å². The monoisotopic (exact) mass is 390 g/mol. The van der Waals surface area contributed by atoms with E-state index >= 15 is 0 Å². The third-order valence-electron chi connectivity index (χ3n) is 2.92. The molecule has 0 fully saturated rings. The SMILES string of the molecule is O=C(Nc1cccc(-c2ncn[nH]2)c1)c1ccc(I)cc1. The number of amides is 1. The van der Waals surface area contributed by atoms with E-state index in [1.54, 1.807) is 12.1 Å². The Morgan fingerprint density at radius 2 is 1.95 bits per heavy atom. The van der Waals surface area contributed by atoms with Crippen molar-refractivity contribution in [2.24, 2.45) is 0 Å². The molecule has 0 aliphatic carbocycles. The standard InChI is InChI=1S/C15H11IN4O/c16-12-6-4-10(5-7-12)15(21)19-13-3-1-2-11(8-13)14-17-9-18-20-14/h1-9H,(H,19,21)(H,17,18,20). The van der Waals surface area contributed by atoms with Crippen LogP contribution in [-0.2, 0) is 0 Å². The average molecular weight is 390 g/mol. The molecule has 0 aliphatic rings. The van der Waals surface area contributed by atoms with Crippen LogP contribution in [0.4, 0.5) is 5.69 Å². The number of carbonyl (C=O) groups is 1. The number of nitrogens with one attached hydrogen (secondary N) is 2. The highest BCUT2D eigenvalue weighted by Gasteiger charge is 2.07. The molecule has 0 spiro atoms. The predicted molar refractivity (Wildman–Crippen MR) is 88.9 cm³/mol. The van der Waals surface area contributed by atoms with Gasteiger partial charge in [0.15, 0.2) is 5.82 Å². The fourth-order valence-electron chi connectivity index (χ4n) is 1.89. The van der Waals surface area contributed by atoms with E-state index in [4.69, 9.17) is 0 Å². The average Bonchev–Trinajstić information content (AvgIpc) is 3.02. The van der Waals surface area contributed by atoms with E-state index in [0.29, 0.717) is 17.1 Å². The second kappa shape index (κ2) is 6.04. The van der Waals surface area contributed by atoms with Gasteiger partial charge in [-0.1, -0.05) is 12.1 Å². The largest absolute Gasteiger partial charge is 0.322 e. The van der Waals surface area contributed by atoms with Gasteiger partial charge in [0.25, 0.3) is 5.91 Å². The summed E-state index contributed by atoms with van der Waals surface area (Å²) in [4.78, 5) is 16.3. The first kappa shape index (κ1) is 13.7. The Morgan fingerprint density at radius 1 is 1.14 bits per heavy atom. The van der Waals surface area contributed by atoms with Crippen LogP contribution in [0.1, 0.15) is 10.4 Å². The Balaban J connectivity index is 1.80. The van der Waals surface area contributed by atoms with Crippen molar-refractivity contribution < 1.29 is 4.79 Å². The van der Waals surface area contributed by atoms with Gasteiger partial charge in [0, 0.05) is 20.4 Å². The highest BCUT2D eigenvalue weighted by molar-refractivity contribution is 14.1. The van der Waals surface area contributed by atoms with Gasteiger partial charge in [-0.3, -0.25) is 9.89 Å². The van der Waals surface area contributed by atoms with Gasteiger partial charge in [-0.2, -0.15) is 5.10 Å². The molecule has 0 aliphatic heterocycles. The lowest BCUT2D eigenvalue weighted by Gasteiger charge is -2.06. The molecule has 5 nitrogen and oxygen atoms in total. The van der Waals surface area contributed by atoms with Crippen molar-refractivity contribution in [1.82, 2.24) is 15.2 Å². The first-order valence-corrected chi connectivity index (χ1v) is 7.33. The van der Waals surface area contributed by atoms with Gasteiger partial charge in [0.2, 0.25) is 0 Å². The maximum absolute atomic E-state index is 12.2. The lowest BCUT2D eigenvalue weighted by atomic mass is 10.1. The van der Waals surface area contributed by atoms with E-state index in [0.717, 1.165) is 9.13 Å². The number of H-pyrrole nitrogens is 1. The number of benzene rings is 2. The second-order valence-electron chi connectivity index (χ2n) is 4.38. The first-order valence-electron chi connectivity index (χ1n) is 6.25. The smallest absolute Gasteiger partial charge is 0.255 e. The van der Waals surface area contributed by atoms with Crippen LogP contribution in [0, 0.1) is 3.57 Å². The molecule has 2 aromatic carbocycles. The van der Waals surface area contributed by atoms with Crippen LogP contribution in [0.25, 0.3) is 11.4 Å². The van der Waals surface area contributed by atoms with Gasteiger partial charge in [0.05, 0.1) is 0 Å². The Labute approximate surface area is 135 Å². The minimum absolute atomic E-state index is 0.138. The van der Waals surface area contributed by atoms with Gasteiger partial charge in [-0.25, -0.2) is 4.98 Å². The maximum atomic E-state index is 12.2. The number of rotatable bonds is 3. The maximum Gasteiger partial charge on any atom is 0.255 e. The zero-order valence-electron chi connectivity index (χ0n) is 10.9. The molecule has 2 N–H and O–H groups in total. The number of halogens is 1. The van der Waals surface area contributed by atoms with Crippen molar-refractivity contribution in [2.45, 2.75) is 0 Å². The van der Waals surface area contributed by atoms with E-state index in [1.807, 2.05) is 36.4 Å².